The van der Waals surface area contributed by atoms with Crippen molar-refractivity contribution in [1.82, 2.24) is 4.90 Å². The summed E-state index contributed by atoms with van der Waals surface area (Å²) in [6.45, 7) is 3.13. The van der Waals surface area contributed by atoms with E-state index in [2.05, 4.69) is 11.0 Å². The average Bonchev–Trinajstić information content (AvgIpc) is 2.44. The first-order valence-electron chi connectivity index (χ1n) is 8.02. The van der Waals surface area contributed by atoms with Gasteiger partial charge in [0, 0.05) is 19.6 Å². The fourth-order valence-electron chi connectivity index (χ4n) is 3.96. The molecule has 0 atom stereocenters. The molecule has 1 aromatic rings. The van der Waals surface area contributed by atoms with Crippen LogP contribution in [0.5, 0.6) is 0 Å². The maximum absolute atomic E-state index is 11.2. The molecule has 1 aromatic carbocycles. The van der Waals surface area contributed by atoms with Crippen LogP contribution in [0.25, 0.3) is 0 Å². The zero-order valence-corrected chi connectivity index (χ0v) is 12.9. The van der Waals surface area contributed by atoms with Crippen LogP contribution in [0.15, 0.2) is 18.2 Å². The smallest absolute Gasteiger partial charge is 0.221 e. The minimum atomic E-state index is -0.563. The van der Waals surface area contributed by atoms with Gasteiger partial charge in [-0.15, -0.1) is 0 Å². The number of aliphatic hydroxyl groups is 1. The van der Waals surface area contributed by atoms with Crippen molar-refractivity contribution in [2.24, 2.45) is 17.4 Å². The molecule has 0 unspecified atom stereocenters. The minimum absolute atomic E-state index is 0.285. The first-order chi connectivity index (χ1) is 10.5. The van der Waals surface area contributed by atoms with Gasteiger partial charge in [0.05, 0.1) is 12.0 Å². The number of fused-ring (bicyclic) bond motifs is 1. The van der Waals surface area contributed by atoms with E-state index in [-0.39, 0.29) is 5.91 Å². The second-order valence-electron chi connectivity index (χ2n) is 6.89. The standard InChI is InChI=1S/C17H25N3O2/c18-9-12-7-17(22,8-12)11-20-5-4-15-13(6-16(19)21)2-1-3-14(15)10-20/h1-3,12,22H,4-11,18H2,(H2,19,21). The Kier molecular flexibility index (Phi) is 4.21. The average molecular weight is 303 g/mol. The number of primary amides is 1. The van der Waals surface area contributed by atoms with Crippen LogP contribution < -0.4 is 11.5 Å². The van der Waals surface area contributed by atoms with Crippen molar-refractivity contribution in [3.8, 4) is 0 Å². The molecule has 5 nitrogen and oxygen atoms in total. The van der Waals surface area contributed by atoms with Gasteiger partial charge in [0.1, 0.15) is 0 Å². The van der Waals surface area contributed by atoms with E-state index in [1.54, 1.807) is 0 Å². The molecule has 0 radical (unpaired) electrons. The van der Waals surface area contributed by atoms with Crippen LogP contribution in [-0.4, -0.2) is 41.1 Å². The molecule has 0 bridgehead atoms. The number of rotatable bonds is 5. The van der Waals surface area contributed by atoms with Gasteiger partial charge in [-0.3, -0.25) is 9.69 Å². The highest BCUT2D eigenvalue weighted by molar-refractivity contribution is 5.77. The zero-order valence-electron chi connectivity index (χ0n) is 12.9. The molecule has 0 saturated heterocycles. The van der Waals surface area contributed by atoms with E-state index < -0.39 is 5.60 Å². The van der Waals surface area contributed by atoms with E-state index in [1.165, 1.54) is 11.1 Å². The SMILES string of the molecule is NCC1CC(O)(CN2CCc3c(CC(N)=O)cccc3C2)C1. The molecule has 3 rings (SSSR count). The van der Waals surface area contributed by atoms with E-state index in [4.69, 9.17) is 11.5 Å². The van der Waals surface area contributed by atoms with Gasteiger partial charge in [-0.25, -0.2) is 0 Å². The summed E-state index contributed by atoms with van der Waals surface area (Å²) in [7, 11) is 0. The van der Waals surface area contributed by atoms with Gasteiger partial charge in [0.25, 0.3) is 0 Å². The van der Waals surface area contributed by atoms with E-state index in [0.717, 1.165) is 37.9 Å². The Hall–Kier alpha value is -1.43. The summed E-state index contributed by atoms with van der Waals surface area (Å²) in [5.74, 6) is 0.191. The molecular formula is C17H25N3O2. The van der Waals surface area contributed by atoms with Crippen molar-refractivity contribution < 1.29 is 9.90 Å². The Morgan fingerprint density at radius 3 is 2.86 bits per heavy atom. The third-order valence-electron chi connectivity index (χ3n) is 5.00. The van der Waals surface area contributed by atoms with Gasteiger partial charge in [-0.2, -0.15) is 0 Å². The predicted octanol–water partition coefficient (Wildman–Crippen LogP) is 0.172. The number of hydrogen-bond donors (Lipinski definition) is 3. The van der Waals surface area contributed by atoms with Crippen LogP contribution in [0.4, 0.5) is 0 Å². The number of β-amino-alcohol motifs (C(OH)–C–C–N with tert-alkyl or cyclic N) is 1. The second-order valence-corrected chi connectivity index (χ2v) is 6.89. The Morgan fingerprint density at radius 2 is 2.18 bits per heavy atom. The molecule has 1 saturated carbocycles. The molecule has 5 N–H and O–H groups in total. The highest BCUT2D eigenvalue weighted by Crippen LogP contribution is 2.38. The molecule has 0 aromatic heterocycles. The largest absolute Gasteiger partial charge is 0.389 e. The lowest BCUT2D eigenvalue weighted by molar-refractivity contribution is -0.117. The number of carbonyl (C=O) groups is 1. The van der Waals surface area contributed by atoms with Crippen molar-refractivity contribution in [3.05, 3.63) is 34.9 Å². The normalized spacial score (nSPS) is 28.0. The number of nitrogens with zero attached hydrogens (tertiary/aromatic N) is 1. The van der Waals surface area contributed by atoms with Crippen LogP contribution in [0.3, 0.4) is 0 Å². The highest BCUT2D eigenvalue weighted by Gasteiger charge is 2.43. The lowest BCUT2D eigenvalue weighted by Crippen LogP contribution is -2.54. The number of carbonyl (C=O) groups excluding carboxylic acids is 1. The van der Waals surface area contributed by atoms with Gasteiger partial charge in [0.2, 0.25) is 5.91 Å². The number of nitrogens with two attached hydrogens (primary N) is 2. The fraction of sp³-hybridized carbons (Fsp3) is 0.588. The lowest BCUT2D eigenvalue weighted by atomic mass is 9.70. The van der Waals surface area contributed by atoms with Crippen LogP contribution in [0, 0.1) is 5.92 Å². The monoisotopic (exact) mass is 303 g/mol. The van der Waals surface area contributed by atoms with Gasteiger partial charge in [-0.05, 0) is 48.4 Å². The molecule has 22 heavy (non-hydrogen) atoms. The second kappa shape index (κ2) is 5.99. The van der Waals surface area contributed by atoms with Gasteiger partial charge >= 0.3 is 0 Å². The predicted molar refractivity (Wildman–Crippen MR) is 85.0 cm³/mol. The summed E-state index contributed by atoms with van der Waals surface area (Å²) in [5.41, 5.74) is 14.0. The summed E-state index contributed by atoms with van der Waals surface area (Å²) < 4.78 is 0. The first-order valence-corrected chi connectivity index (χ1v) is 8.02. The highest BCUT2D eigenvalue weighted by atomic mass is 16.3. The number of hydrogen-bond acceptors (Lipinski definition) is 4. The van der Waals surface area contributed by atoms with Crippen molar-refractivity contribution in [2.75, 3.05) is 19.6 Å². The van der Waals surface area contributed by atoms with Crippen LogP contribution >= 0.6 is 0 Å². The lowest BCUT2D eigenvalue weighted by Gasteiger charge is -2.46. The number of amides is 1. The molecule has 2 aliphatic rings. The van der Waals surface area contributed by atoms with E-state index in [9.17, 15) is 9.90 Å². The minimum Gasteiger partial charge on any atom is -0.389 e. The molecule has 0 spiro atoms. The van der Waals surface area contributed by atoms with Crippen molar-refractivity contribution in [3.63, 3.8) is 0 Å². The molecule has 5 heteroatoms. The van der Waals surface area contributed by atoms with Gasteiger partial charge < -0.3 is 16.6 Å². The fourth-order valence-corrected chi connectivity index (χ4v) is 3.96. The summed E-state index contributed by atoms with van der Waals surface area (Å²) >= 11 is 0. The Bertz CT molecular complexity index is 567. The molecule has 1 amide bonds. The molecule has 120 valence electrons. The maximum atomic E-state index is 11.2. The van der Waals surface area contributed by atoms with Crippen LogP contribution in [-0.2, 0) is 24.2 Å². The molecule has 1 fully saturated rings. The quantitative estimate of drug-likeness (QED) is 0.723. The Balaban J connectivity index is 1.66. The van der Waals surface area contributed by atoms with Crippen molar-refractivity contribution in [2.45, 2.75) is 37.8 Å². The Labute approximate surface area is 131 Å². The first kappa shape index (κ1) is 15.5. The van der Waals surface area contributed by atoms with Crippen LogP contribution in [0.2, 0.25) is 0 Å². The summed E-state index contributed by atoms with van der Waals surface area (Å²) in [5, 5.41) is 10.5. The van der Waals surface area contributed by atoms with Gasteiger partial charge in [-0.1, -0.05) is 18.2 Å². The maximum Gasteiger partial charge on any atom is 0.221 e. The van der Waals surface area contributed by atoms with E-state index in [1.807, 2.05) is 12.1 Å². The topological polar surface area (TPSA) is 92.6 Å². The Morgan fingerprint density at radius 1 is 1.41 bits per heavy atom. The van der Waals surface area contributed by atoms with Crippen molar-refractivity contribution >= 4 is 5.91 Å². The third-order valence-corrected chi connectivity index (χ3v) is 5.00. The molecule has 1 aliphatic carbocycles. The van der Waals surface area contributed by atoms with E-state index in [0.29, 0.717) is 25.4 Å². The van der Waals surface area contributed by atoms with Crippen LogP contribution in [0.1, 0.15) is 29.5 Å². The van der Waals surface area contributed by atoms with Crippen molar-refractivity contribution in [1.29, 1.82) is 0 Å². The number of benzene rings is 1. The summed E-state index contributed by atoms with van der Waals surface area (Å²) in [6.07, 6.45) is 2.85. The van der Waals surface area contributed by atoms with Gasteiger partial charge in [0.15, 0.2) is 0 Å². The van der Waals surface area contributed by atoms with E-state index >= 15 is 0 Å². The molecule has 1 aliphatic heterocycles. The molecule has 1 heterocycles. The zero-order chi connectivity index (χ0) is 15.7. The molecular weight excluding hydrogens is 278 g/mol. The summed E-state index contributed by atoms with van der Waals surface area (Å²) in [6, 6.07) is 6.09. The third kappa shape index (κ3) is 3.16. The summed E-state index contributed by atoms with van der Waals surface area (Å²) in [4.78, 5) is 13.5.